The molecule has 2 aliphatic rings. The number of nitrogens with one attached hydrogen (secondary N) is 1. The summed E-state index contributed by atoms with van der Waals surface area (Å²) in [6, 6.07) is 1.75. The van der Waals surface area contributed by atoms with E-state index < -0.39 is 0 Å². The maximum atomic E-state index is 6.18. The first kappa shape index (κ1) is 13.6. The highest BCUT2D eigenvalue weighted by Gasteiger charge is 2.45. The molecule has 1 N–H and O–H groups in total. The molecule has 0 amide bonds. The Kier molecular flexibility index (Phi) is 3.99. The lowest BCUT2D eigenvalue weighted by Gasteiger charge is -2.38. The molecular formula is C14H18Cl2N2O. The highest BCUT2D eigenvalue weighted by molar-refractivity contribution is 6.34. The molecule has 0 radical (unpaired) electrons. The minimum absolute atomic E-state index is 0.225. The summed E-state index contributed by atoms with van der Waals surface area (Å²) < 4.78 is 5.50. The summed E-state index contributed by atoms with van der Waals surface area (Å²) in [5.41, 5.74) is 1.10. The van der Waals surface area contributed by atoms with E-state index in [0.29, 0.717) is 16.6 Å². The summed E-state index contributed by atoms with van der Waals surface area (Å²) in [6.07, 6.45) is 6.48. The first-order valence-electron chi connectivity index (χ1n) is 6.82. The topological polar surface area (TPSA) is 34.2 Å². The third-order valence-electron chi connectivity index (χ3n) is 4.24. The largest absolute Gasteiger partial charge is 0.381 e. The molecule has 3 rings (SSSR count). The van der Waals surface area contributed by atoms with Crippen molar-refractivity contribution < 1.29 is 4.74 Å². The zero-order valence-electron chi connectivity index (χ0n) is 10.8. The smallest absolute Gasteiger partial charge is 0.0728 e. The first-order valence-corrected chi connectivity index (χ1v) is 7.58. The molecule has 1 aliphatic carbocycles. The van der Waals surface area contributed by atoms with Crippen molar-refractivity contribution in [2.24, 2.45) is 5.92 Å². The van der Waals surface area contributed by atoms with Gasteiger partial charge in [-0.05, 0) is 37.7 Å². The molecule has 1 aromatic rings. The lowest BCUT2D eigenvalue weighted by molar-refractivity contribution is 0.0278. The number of rotatable bonds is 4. The molecule has 0 bridgehead atoms. The monoisotopic (exact) mass is 300 g/mol. The number of hydrogen-bond donors (Lipinski definition) is 1. The molecule has 1 aliphatic heterocycles. The van der Waals surface area contributed by atoms with Crippen molar-refractivity contribution in [3.05, 3.63) is 28.0 Å². The third kappa shape index (κ3) is 3.05. The van der Waals surface area contributed by atoms with Gasteiger partial charge in [0.25, 0.3) is 0 Å². The van der Waals surface area contributed by atoms with Crippen molar-refractivity contribution in [1.82, 2.24) is 10.3 Å². The van der Waals surface area contributed by atoms with Gasteiger partial charge in [0, 0.05) is 31.5 Å². The van der Waals surface area contributed by atoms with Gasteiger partial charge < -0.3 is 10.1 Å². The van der Waals surface area contributed by atoms with Gasteiger partial charge in [-0.15, -0.1) is 0 Å². The van der Waals surface area contributed by atoms with Crippen molar-refractivity contribution in [3.63, 3.8) is 0 Å². The van der Waals surface area contributed by atoms with Crippen LogP contribution in [-0.4, -0.2) is 23.7 Å². The molecule has 1 aromatic heterocycles. The second-order valence-corrected chi connectivity index (χ2v) is 6.32. The second kappa shape index (κ2) is 5.57. The van der Waals surface area contributed by atoms with Crippen LogP contribution >= 0.6 is 23.2 Å². The second-order valence-electron chi connectivity index (χ2n) is 5.48. The molecule has 1 saturated carbocycles. The Morgan fingerprint density at radius 3 is 2.68 bits per heavy atom. The number of pyridine rings is 1. The van der Waals surface area contributed by atoms with Crippen LogP contribution in [0.1, 0.15) is 31.4 Å². The Morgan fingerprint density at radius 2 is 2.05 bits per heavy atom. The third-order valence-corrected chi connectivity index (χ3v) is 4.77. The first-order chi connectivity index (χ1) is 9.20. The van der Waals surface area contributed by atoms with Crippen LogP contribution in [0.2, 0.25) is 10.0 Å². The molecule has 0 atom stereocenters. The fourth-order valence-corrected chi connectivity index (χ4v) is 3.38. The van der Waals surface area contributed by atoms with Crippen LogP contribution in [-0.2, 0) is 11.3 Å². The van der Waals surface area contributed by atoms with Crippen LogP contribution in [0, 0.1) is 5.92 Å². The van der Waals surface area contributed by atoms with E-state index in [4.69, 9.17) is 27.9 Å². The maximum absolute atomic E-state index is 6.18. The zero-order chi connectivity index (χ0) is 13.3. The molecule has 5 heteroatoms. The zero-order valence-corrected chi connectivity index (χ0v) is 12.3. The van der Waals surface area contributed by atoms with E-state index in [1.165, 1.54) is 12.8 Å². The number of nitrogens with zero attached hydrogens (tertiary/aromatic N) is 1. The standard InChI is InChI=1S/C14H18Cl2N2O/c15-11-7-12(16)13(17-8-11)9-18-14(10-1-2-10)3-5-19-6-4-14/h7-8,10,18H,1-6,9H2. The molecule has 0 spiro atoms. The summed E-state index contributed by atoms with van der Waals surface area (Å²) in [7, 11) is 0. The predicted octanol–water partition coefficient (Wildman–Crippen LogP) is 3.44. The Bertz CT molecular complexity index is 457. The van der Waals surface area contributed by atoms with E-state index in [1.54, 1.807) is 12.3 Å². The quantitative estimate of drug-likeness (QED) is 0.925. The van der Waals surface area contributed by atoms with Crippen molar-refractivity contribution in [1.29, 1.82) is 0 Å². The average molecular weight is 301 g/mol. The van der Waals surface area contributed by atoms with Gasteiger partial charge in [0.05, 0.1) is 15.7 Å². The van der Waals surface area contributed by atoms with Crippen LogP contribution in [0.25, 0.3) is 0 Å². The van der Waals surface area contributed by atoms with E-state index in [2.05, 4.69) is 10.3 Å². The Balaban J connectivity index is 1.69. The van der Waals surface area contributed by atoms with Crippen molar-refractivity contribution in [3.8, 4) is 0 Å². The predicted molar refractivity (Wildman–Crippen MR) is 76.6 cm³/mol. The maximum Gasteiger partial charge on any atom is 0.0728 e. The fourth-order valence-electron chi connectivity index (χ4n) is 2.93. The summed E-state index contributed by atoms with van der Waals surface area (Å²) in [5.74, 6) is 0.794. The molecule has 0 aromatic carbocycles. The van der Waals surface area contributed by atoms with E-state index >= 15 is 0 Å². The number of halogens is 2. The molecule has 2 fully saturated rings. The Labute approximate surface area is 123 Å². The number of hydrogen-bond acceptors (Lipinski definition) is 3. The Hall–Kier alpha value is -0.350. The summed E-state index contributed by atoms with van der Waals surface area (Å²) in [4.78, 5) is 4.32. The minimum Gasteiger partial charge on any atom is -0.381 e. The van der Waals surface area contributed by atoms with Gasteiger partial charge in [0.15, 0.2) is 0 Å². The minimum atomic E-state index is 0.225. The van der Waals surface area contributed by atoms with Crippen LogP contribution in [0.15, 0.2) is 12.3 Å². The number of aromatic nitrogens is 1. The highest BCUT2D eigenvalue weighted by Crippen LogP contribution is 2.45. The molecule has 0 unspecified atom stereocenters. The fraction of sp³-hybridized carbons (Fsp3) is 0.643. The van der Waals surface area contributed by atoms with Crippen molar-refractivity contribution in [2.75, 3.05) is 13.2 Å². The molecule has 19 heavy (non-hydrogen) atoms. The van der Waals surface area contributed by atoms with Gasteiger partial charge in [-0.25, -0.2) is 0 Å². The molecule has 1 saturated heterocycles. The lowest BCUT2D eigenvalue weighted by Crippen LogP contribution is -2.51. The van der Waals surface area contributed by atoms with Crippen LogP contribution in [0.3, 0.4) is 0 Å². The summed E-state index contributed by atoms with van der Waals surface area (Å²) in [5, 5.41) is 4.92. The van der Waals surface area contributed by atoms with Gasteiger partial charge in [-0.3, -0.25) is 4.98 Å². The van der Waals surface area contributed by atoms with E-state index in [-0.39, 0.29) is 5.54 Å². The van der Waals surface area contributed by atoms with Gasteiger partial charge >= 0.3 is 0 Å². The van der Waals surface area contributed by atoms with Gasteiger partial charge in [0.2, 0.25) is 0 Å². The van der Waals surface area contributed by atoms with E-state index in [9.17, 15) is 0 Å². The molecule has 104 valence electrons. The van der Waals surface area contributed by atoms with Crippen LogP contribution in [0.5, 0.6) is 0 Å². The normalized spacial score (nSPS) is 22.4. The SMILES string of the molecule is Clc1cnc(CNC2(C3CC3)CCOCC2)c(Cl)c1. The van der Waals surface area contributed by atoms with E-state index in [1.807, 2.05) is 0 Å². The van der Waals surface area contributed by atoms with Gasteiger partial charge in [0.1, 0.15) is 0 Å². The van der Waals surface area contributed by atoms with Crippen molar-refractivity contribution in [2.45, 2.75) is 37.8 Å². The van der Waals surface area contributed by atoms with Gasteiger partial charge in [-0.1, -0.05) is 23.2 Å². The number of ether oxygens (including phenoxy) is 1. The molecule has 3 nitrogen and oxygen atoms in total. The molecule has 2 heterocycles. The van der Waals surface area contributed by atoms with Crippen LogP contribution < -0.4 is 5.32 Å². The average Bonchev–Trinajstić information content (AvgIpc) is 3.23. The summed E-state index contributed by atoms with van der Waals surface area (Å²) >= 11 is 12.0. The Morgan fingerprint density at radius 1 is 1.32 bits per heavy atom. The lowest BCUT2D eigenvalue weighted by atomic mass is 9.85. The van der Waals surface area contributed by atoms with Crippen molar-refractivity contribution >= 4 is 23.2 Å². The summed E-state index contributed by atoms with van der Waals surface area (Å²) in [6.45, 7) is 2.41. The van der Waals surface area contributed by atoms with E-state index in [0.717, 1.165) is 37.7 Å². The molecular weight excluding hydrogens is 283 g/mol. The highest BCUT2D eigenvalue weighted by atomic mass is 35.5. The van der Waals surface area contributed by atoms with Gasteiger partial charge in [-0.2, -0.15) is 0 Å². The van der Waals surface area contributed by atoms with Crippen LogP contribution in [0.4, 0.5) is 0 Å².